The van der Waals surface area contributed by atoms with Gasteiger partial charge in [-0.05, 0) is 25.1 Å². The number of rotatable bonds is 3. The second-order valence-electron chi connectivity index (χ2n) is 3.71. The number of nitrogens with zero attached hydrogens (tertiary/aromatic N) is 1. The number of pyridine rings is 1. The Morgan fingerprint density at radius 1 is 1.39 bits per heavy atom. The van der Waals surface area contributed by atoms with Crippen LogP contribution in [0.1, 0.15) is 16.9 Å². The molecule has 0 bridgehead atoms. The molecule has 0 unspecified atom stereocenters. The van der Waals surface area contributed by atoms with Gasteiger partial charge in [0.15, 0.2) is 0 Å². The first-order valence-corrected chi connectivity index (χ1v) is 5.44. The van der Waals surface area contributed by atoms with Gasteiger partial charge in [-0.3, -0.25) is 9.78 Å². The summed E-state index contributed by atoms with van der Waals surface area (Å²) in [4.78, 5) is 15.7. The van der Waals surface area contributed by atoms with Crippen molar-refractivity contribution in [1.29, 1.82) is 0 Å². The van der Waals surface area contributed by atoms with Crippen LogP contribution in [0, 0.1) is 0 Å². The summed E-state index contributed by atoms with van der Waals surface area (Å²) in [7, 11) is 0. The number of hydrogen-bond donors (Lipinski definition) is 2. The molecule has 1 aromatic heterocycles. The summed E-state index contributed by atoms with van der Waals surface area (Å²) in [5, 5.41) is 6.10. The fourth-order valence-electron chi connectivity index (χ4n) is 1.61. The van der Waals surface area contributed by atoms with Crippen LogP contribution >= 0.6 is 24.8 Å². The zero-order chi connectivity index (χ0) is 11.2. The largest absolute Gasteiger partial charge is 0.347 e. The van der Waals surface area contributed by atoms with Crippen molar-refractivity contribution in [1.82, 2.24) is 15.6 Å². The van der Waals surface area contributed by atoms with Crippen LogP contribution in [0.4, 0.5) is 0 Å². The van der Waals surface area contributed by atoms with Crippen molar-refractivity contribution in [3.05, 3.63) is 41.7 Å². The number of hydrogen-bond acceptors (Lipinski definition) is 3. The monoisotopic (exact) mass is 289 g/mol. The van der Waals surface area contributed by atoms with Crippen LogP contribution in [-0.2, 0) is 0 Å². The van der Waals surface area contributed by atoms with E-state index >= 15 is 0 Å². The predicted octanol–water partition coefficient (Wildman–Crippen LogP) is 1.57. The minimum atomic E-state index is -0.111. The zero-order valence-corrected chi connectivity index (χ0v) is 11.5. The first-order chi connectivity index (χ1) is 7.86. The number of nitrogens with one attached hydrogen (secondary N) is 2. The van der Waals surface area contributed by atoms with Gasteiger partial charge in [0.2, 0.25) is 0 Å². The quantitative estimate of drug-likeness (QED) is 0.831. The number of amides is 1. The molecule has 1 aliphatic rings. The summed E-state index contributed by atoms with van der Waals surface area (Å²) in [5.41, 5.74) is 1.75. The van der Waals surface area contributed by atoms with E-state index in [9.17, 15) is 4.79 Å². The first-order valence-electron chi connectivity index (χ1n) is 5.44. The number of carbonyl (C=O) groups excluding carboxylic acids is 1. The van der Waals surface area contributed by atoms with Crippen molar-refractivity contribution in [2.24, 2.45) is 0 Å². The summed E-state index contributed by atoms with van der Waals surface area (Å²) in [6.07, 6.45) is 4.75. The van der Waals surface area contributed by atoms with Crippen molar-refractivity contribution in [2.45, 2.75) is 6.42 Å². The fourth-order valence-corrected chi connectivity index (χ4v) is 1.61. The summed E-state index contributed by atoms with van der Waals surface area (Å²) in [6.45, 7) is 2.51. The highest BCUT2D eigenvalue weighted by molar-refractivity contribution is 5.92. The molecule has 0 aliphatic carbocycles. The van der Waals surface area contributed by atoms with E-state index in [2.05, 4.69) is 21.7 Å². The van der Waals surface area contributed by atoms with Crippen LogP contribution in [0.2, 0.25) is 0 Å². The lowest BCUT2D eigenvalue weighted by Gasteiger charge is -2.14. The van der Waals surface area contributed by atoms with E-state index in [0.717, 1.165) is 19.5 Å². The van der Waals surface area contributed by atoms with E-state index in [4.69, 9.17) is 0 Å². The molecular formula is C12H17Cl2N3O. The predicted molar refractivity (Wildman–Crippen MR) is 76.6 cm³/mol. The Morgan fingerprint density at radius 2 is 2.22 bits per heavy atom. The van der Waals surface area contributed by atoms with Gasteiger partial charge >= 0.3 is 0 Å². The van der Waals surface area contributed by atoms with Crippen LogP contribution in [0.15, 0.2) is 36.0 Å². The minimum absolute atomic E-state index is 0. The van der Waals surface area contributed by atoms with E-state index in [1.807, 2.05) is 6.07 Å². The third-order valence-electron chi connectivity index (χ3n) is 2.53. The lowest BCUT2D eigenvalue weighted by molar-refractivity contribution is 0.0951. The summed E-state index contributed by atoms with van der Waals surface area (Å²) in [5.74, 6) is -0.111. The highest BCUT2D eigenvalue weighted by Crippen LogP contribution is 2.02. The van der Waals surface area contributed by atoms with Crippen molar-refractivity contribution in [3.8, 4) is 0 Å². The van der Waals surface area contributed by atoms with Gasteiger partial charge in [0.05, 0.1) is 0 Å². The van der Waals surface area contributed by atoms with Gasteiger partial charge in [0, 0.05) is 19.3 Å². The molecule has 2 N–H and O–H groups in total. The van der Waals surface area contributed by atoms with Crippen LogP contribution in [0.3, 0.4) is 0 Å². The van der Waals surface area contributed by atoms with Gasteiger partial charge in [-0.1, -0.05) is 17.7 Å². The molecule has 6 heteroatoms. The van der Waals surface area contributed by atoms with E-state index in [0.29, 0.717) is 12.2 Å². The molecule has 18 heavy (non-hydrogen) atoms. The number of carbonyl (C=O) groups is 1. The van der Waals surface area contributed by atoms with Crippen molar-refractivity contribution in [3.63, 3.8) is 0 Å². The van der Waals surface area contributed by atoms with E-state index in [1.54, 1.807) is 18.3 Å². The van der Waals surface area contributed by atoms with Gasteiger partial charge in [-0.15, -0.1) is 24.8 Å². The van der Waals surface area contributed by atoms with Crippen molar-refractivity contribution < 1.29 is 4.79 Å². The molecule has 1 aromatic rings. The van der Waals surface area contributed by atoms with Crippen LogP contribution in [0.5, 0.6) is 0 Å². The first kappa shape index (κ1) is 16.9. The Balaban J connectivity index is 0.00000144. The topological polar surface area (TPSA) is 54.0 Å². The molecule has 4 nitrogen and oxygen atoms in total. The lowest BCUT2D eigenvalue weighted by Crippen LogP contribution is -2.30. The Bertz CT molecular complexity index is 396. The molecule has 0 fully saturated rings. The van der Waals surface area contributed by atoms with Gasteiger partial charge in [-0.25, -0.2) is 0 Å². The summed E-state index contributed by atoms with van der Waals surface area (Å²) < 4.78 is 0. The normalized spacial score (nSPS) is 13.7. The van der Waals surface area contributed by atoms with Gasteiger partial charge in [0.25, 0.3) is 5.91 Å². The Labute approximate surface area is 119 Å². The van der Waals surface area contributed by atoms with Gasteiger partial charge in [-0.2, -0.15) is 0 Å². The Morgan fingerprint density at radius 3 is 2.83 bits per heavy atom. The molecule has 1 aliphatic heterocycles. The molecule has 0 saturated heterocycles. The van der Waals surface area contributed by atoms with Gasteiger partial charge < -0.3 is 10.6 Å². The smallest absolute Gasteiger partial charge is 0.270 e. The number of aromatic nitrogens is 1. The van der Waals surface area contributed by atoms with Crippen LogP contribution in [-0.4, -0.2) is 30.5 Å². The highest BCUT2D eigenvalue weighted by atomic mass is 35.5. The molecule has 0 aromatic carbocycles. The van der Waals surface area contributed by atoms with E-state index in [1.165, 1.54) is 5.57 Å². The zero-order valence-electron chi connectivity index (χ0n) is 9.89. The fraction of sp³-hybridized carbons (Fsp3) is 0.333. The van der Waals surface area contributed by atoms with E-state index < -0.39 is 0 Å². The van der Waals surface area contributed by atoms with E-state index in [-0.39, 0.29) is 30.7 Å². The Kier molecular flexibility index (Phi) is 8.37. The molecule has 100 valence electrons. The highest BCUT2D eigenvalue weighted by Gasteiger charge is 2.07. The summed E-state index contributed by atoms with van der Waals surface area (Å²) >= 11 is 0. The SMILES string of the molecule is Cl.Cl.O=C(NCC1=CCNCC1)c1ccccn1. The molecule has 0 spiro atoms. The number of halogens is 2. The molecule has 2 rings (SSSR count). The van der Waals surface area contributed by atoms with Crippen molar-refractivity contribution >= 4 is 30.7 Å². The third-order valence-corrected chi connectivity index (χ3v) is 2.53. The minimum Gasteiger partial charge on any atom is -0.347 e. The second kappa shape index (κ2) is 8.91. The standard InChI is InChI=1S/C12H15N3O.2ClH/c16-12(11-3-1-2-6-14-11)15-9-10-4-7-13-8-5-10;;/h1-4,6,13H,5,7-9H2,(H,15,16);2*1H. The van der Waals surface area contributed by atoms with Crippen molar-refractivity contribution in [2.75, 3.05) is 19.6 Å². The van der Waals surface area contributed by atoms with Gasteiger partial charge in [0.1, 0.15) is 5.69 Å². The maximum Gasteiger partial charge on any atom is 0.270 e. The van der Waals surface area contributed by atoms with Crippen LogP contribution < -0.4 is 10.6 Å². The molecule has 2 heterocycles. The molecule has 0 atom stereocenters. The summed E-state index contributed by atoms with van der Waals surface area (Å²) in [6, 6.07) is 5.32. The Hall–Kier alpha value is -1.10. The maximum absolute atomic E-state index is 11.7. The molecule has 1 amide bonds. The second-order valence-corrected chi connectivity index (χ2v) is 3.71. The third kappa shape index (κ3) is 5.04. The molecular weight excluding hydrogens is 273 g/mol. The lowest BCUT2D eigenvalue weighted by atomic mass is 10.1. The average Bonchev–Trinajstić information content (AvgIpc) is 2.38. The molecule has 0 radical (unpaired) electrons. The average molecular weight is 290 g/mol. The maximum atomic E-state index is 11.7. The molecule has 0 saturated carbocycles. The van der Waals surface area contributed by atoms with Crippen LogP contribution in [0.25, 0.3) is 0 Å².